The third-order valence-corrected chi connectivity index (χ3v) is 5.83. The molecule has 0 radical (unpaired) electrons. The average molecular weight is 673 g/mol. The Morgan fingerprint density at radius 1 is 0.867 bits per heavy atom. The molecule has 0 saturated carbocycles. The first-order valence-corrected chi connectivity index (χ1v) is 12.7. The van der Waals surface area contributed by atoms with Crippen LogP contribution in [0.4, 0.5) is 0 Å². The molecule has 15 heteroatoms. The summed E-state index contributed by atoms with van der Waals surface area (Å²) >= 11 is 0. The van der Waals surface area contributed by atoms with Gasteiger partial charge in [-0.3, -0.25) is 19.2 Å². The molecule has 1 saturated heterocycles. The minimum absolute atomic E-state index is 0. The zero-order chi connectivity index (χ0) is 33.4. The predicted octanol–water partition coefficient (Wildman–Crippen LogP) is 2.23. The number of hydrogen-bond donors (Lipinski definition) is 1. The molecule has 1 aliphatic heterocycles. The normalized spacial score (nSPS) is 21.2. The molecule has 0 aromatic heterocycles. The fraction of sp³-hybridized carbons (Fsp3) is 0.367. The van der Waals surface area contributed by atoms with Crippen LogP contribution >= 0.6 is 0 Å². The quantitative estimate of drug-likeness (QED) is 0.175. The van der Waals surface area contributed by atoms with Crippen LogP contribution in [-0.2, 0) is 74.7 Å². The van der Waals surface area contributed by atoms with Gasteiger partial charge in [-0.05, 0) is 24.3 Å². The third kappa shape index (κ3) is 11.3. The molecule has 1 aliphatic rings. The van der Waals surface area contributed by atoms with E-state index in [1.54, 1.807) is 24.3 Å². The van der Waals surface area contributed by atoms with Crippen LogP contribution in [0.15, 0.2) is 48.5 Å². The molecule has 0 spiro atoms. The number of para-hydroxylation sites is 1. The van der Waals surface area contributed by atoms with Gasteiger partial charge in [-0.25, -0.2) is 0 Å². The number of carbonyl (C=O) groups is 4. The monoisotopic (exact) mass is 671 g/mol. The SMILES string of the molecule is CC(=O)OC[C@H]1OC(O)(c2ccc(C#N)c(COc3ccccc3)c2)[C@H](OC(C)=O)[C@@H](OC(C)=O)[C@@H]1OC(C)=O.[C-]#N.[C-]#N.[Zn+2]. The second-order valence-electron chi connectivity index (χ2n) is 8.92. The van der Waals surface area contributed by atoms with Crippen molar-refractivity contribution in [2.24, 2.45) is 0 Å². The molecular weight excluding hydrogens is 644 g/mol. The van der Waals surface area contributed by atoms with E-state index in [0.29, 0.717) is 11.3 Å². The molecule has 45 heavy (non-hydrogen) atoms. The molecule has 1 fully saturated rings. The molecule has 0 amide bonds. The van der Waals surface area contributed by atoms with Crippen LogP contribution in [0.3, 0.4) is 0 Å². The van der Waals surface area contributed by atoms with Crippen LogP contribution in [-0.4, -0.2) is 60.0 Å². The third-order valence-electron chi connectivity index (χ3n) is 5.83. The molecule has 0 aliphatic carbocycles. The molecule has 3 rings (SSSR count). The van der Waals surface area contributed by atoms with Gasteiger partial charge in [0.05, 0.1) is 11.6 Å². The van der Waals surface area contributed by atoms with Gasteiger partial charge in [0.1, 0.15) is 25.1 Å². The number of ether oxygens (including phenoxy) is 6. The Labute approximate surface area is 272 Å². The zero-order valence-corrected chi connectivity index (χ0v) is 27.9. The first-order chi connectivity index (χ1) is 20.9. The van der Waals surface area contributed by atoms with E-state index < -0.39 is 60.7 Å². The van der Waals surface area contributed by atoms with E-state index in [1.165, 1.54) is 18.2 Å². The molecule has 2 aromatic carbocycles. The largest absolute Gasteiger partial charge is 2.00 e. The Kier molecular flexibility index (Phi) is 17.3. The van der Waals surface area contributed by atoms with E-state index in [0.717, 1.165) is 27.7 Å². The molecule has 1 unspecified atom stereocenters. The predicted molar refractivity (Wildman–Crippen MR) is 144 cm³/mol. The number of nitriles is 1. The zero-order valence-electron chi connectivity index (χ0n) is 24.9. The fourth-order valence-electron chi connectivity index (χ4n) is 4.24. The van der Waals surface area contributed by atoms with Gasteiger partial charge in [0.25, 0.3) is 0 Å². The second kappa shape index (κ2) is 19.4. The van der Waals surface area contributed by atoms with Gasteiger partial charge in [-0.1, -0.05) is 24.3 Å². The van der Waals surface area contributed by atoms with Crippen molar-refractivity contribution in [3.63, 3.8) is 0 Å². The van der Waals surface area contributed by atoms with Crippen molar-refractivity contribution in [2.75, 3.05) is 6.61 Å². The van der Waals surface area contributed by atoms with Crippen molar-refractivity contribution in [1.82, 2.24) is 0 Å². The topological polar surface area (TPSA) is 215 Å². The summed E-state index contributed by atoms with van der Waals surface area (Å²) in [4.78, 5) is 47.8. The van der Waals surface area contributed by atoms with Crippen LogP contribution in [0, 0.1) is 35.0 Å². The van der Waals surface area contributed by atoms with Crippen molar-refractivity contribution < 1.29 is 72.2 Å². The Balaban J connectivity index is 0.00000372. The van der Waals surface area contributed by atoms with E-state index in [1.807, 2.05) is 6.07 Å². The van der Waals surface area contributed by atoms with Crippen molar-refractivity contribution in [3.05, 3.63) is 78.4 Å². The standard InChI is InChI=1S/C28H29NO11.2CN.Zn/c1-16(30)35-15-24-25(37-17(2)31)26(38-18(3)32)27(39-19(4)33)28(34,40-24)22-11-10-20(13-29)21(12-22)14-36-23-8-6-5-7-9-23;2*1-2;/h5-12,24-27,34H,14-15H2,1-4H3;;;/q;2*-1;+2/t24-,25-,26+,27-,28?;;;/m1.../s1. The van der Waals surface area contributed by atoms with Crippen LogP contribution in [0.2, 0.25) is 0 Å². The minimum Gasteiger partial charge on any atom is -0.512 e. The maximum atomic E-state index is 12.1. The van der Waals surface area contributed by atoms with Gasteiger partial charge < -0.3 is 57.2 Å². The van der Waals surface area contributed by atoms with Crippen LogP contribution < -0.4 is 4.74 Å². The van der Waals surface area contributed by atoms with E-state index in [2.05, 4.69) is 6.07 Å². The van der Waals surface area contributed by atoms with Crippen LogP contribution in [0.5, 0.6) is 5.75 Å². The van der Waals surface area contributed by atoms with Crippen molar-refractivity contribution >= 4 is 23.9 Å². The summed E-state index contributed by atoms with van der Waals surface area (Å²) in [6.45, 7) is 13.3. The summed E-state index contributed by atoms with van der Waals surface area (Å²) in [5.74, 6) is -5.20. The maximum absolute atomic E-state index is 12.1. The first kappa shape index (κ1) is 40.1. The van der Waals surface area contributed by atoms with E-state index >= 15 is 0 Å². The molecule has 1 heterocycles. The summed E-state index contributed by atoms with van der Waals surface area (Å²) in [7, 11) is 0. The van der Waals surface area contributed by atoms with E-state index in [-0.39, 0.29) is 37.2 Å². The van der Waals surface area contributed by atoms with Gasteiger partial charge in [-0.15, -0.1) is 0 Å². The Bertz CT molecular complexity index is 1390. The van der Waals surface area contributed by atoms with E-state index in [9.17, 15) is 29.5 Å². The number of benzene rings is 2. The van der Waals surface area contributed by atoms with Gasteiger partial charge in [0, 0.05) is 38.8 Å². The number of nitrogens with zero attached hydrogens (tertiary/aromatic N) is 3. The van der Waals surface area contributed by atoms with Crippen molar-refractivity contribution in [3.8, 4) is 11.8 Å². The number of aliphatic hydroxyl groups is 1. The van der Waals surface area contributed by atoms with Crippen molar-refractivity contribution in [1.29, 1.82) is 15.8 Å². The average Bonchev–Trinajstić information content (AvgIpc) is 3.00. The molecule has 0 bridgehead atoms. The summed E-state index contributed by atoms with van der Waals surface area (Å²) in [6, 6.07) is 15.0. The molecule has 14 nitrogen and oxygen atoms in total. The second-order valence-corrected chi connectivity index (χ2v) is 8.92. The minimum atomic E-state index is -2.53. The van der Waals surface area contributed by atoms with Crippen molar-refractivity contribution in [2.45, 2.75) is 64.5 Å². The molecule has 232 valence electrons. The number of rotatable bonds is 9. The summed E-state index contributed by atoms with van der Waals surface area (Å²) in [5, 5.41) is 34.2. The van der Waals surface area contributed by atoms with Gasteiger partial charge in [0.2, 0.25) is 11.9 Å². The maximum Gasteiger partial charge on any atom is 2.00 e. The number of carbonyl (C=O) groups excluding carboxylic acids is 4. The van der Waals surface area contributed by atoms with Gasteiger partial charge >= 0.3 is 43.4 Å². The molecule has 1 N–H and O–H groups in total. The van der Waals surface area contributed by atoms with E-state index in [4.69, 9.17) is 52.1 Å². The van der Waals surface area contributed by atoms with Crippen LogP contribution in [0.25, 0.3) is 0 Å². The van der Waals surface area contributed by atoms with Crippen LogP contribution in [0.1, 0.15) is 44.4 Å². The smallest absolute Gasteiger partial charge is 0.512 e. The van der Waals surface area contributed by atoms with Gasteiger partial charge in [-0.2, -0.15) is 5.26 Å². The van der Waals surface area contributed by atoms with Gasteiger partial charge in [0.15, 0.2) is 12.2 Å². The number of hydrogen-bond acceptors (Lipinski definition) is 14. The summed E-state index contributed by atoms with van der Waals surface area (Å²) in [5.41, 5.74) is 0.578. The Morgan fingerprint density at radius 3 is 1.93 bits per heavy atom. The molecule has 5 atom stereocenters. The molecular formula is C30H29N3O11Zn. The Hall–Kier alpha value is -4.87. The summed E-state index contributed by atoms with van der Waals surface area (Å²) < 4.78 is 32.9. The first-order valence-electron chi connectivity index (χ1n) is 12.7. The summed E-state index contributed by atoms with van der Waals surface area (Å²) in [6.07, 6.45) is -6.13. The fourth-order valence-corrected chi connectivity index (χ4v) is 4.24. The number of esters is 4. The molecule has 2 aromatic rings. The Morgan fingerprint density at radius 2 is 1.42 bits per heavy atom.